The summed E-state index contributed by atoms with van der Waals surface area (Å²) < 4.78 is 5.39. The summed E-state index contributed by atoms with van der Waals surface area (Å²) in [6.45, 7) is 0. The molecular weight excluding hydrogens is 234 g/mol. The van der Waals surface area contributed by atoms with Gasteiger partial charge in [0.15, 0.2) is 0 Å². The molecule has 0 heterocycles. The highest BCUT2D eigenvalue weighted by Gasteiger charge is 2.21. The van der Waals surface area contributed by atoms with E-state index in [-0.39, 0.29) is 17.0 Å². The molecule has 0 aromatic heterocycles. The van der Waals surface area contributed by atoms with E-state index in [0.29, 0.717) is 5.75 Å². The van der Waals surface area contributed by atoms with Crippen molar-refractivity contribution in [2.45, 2.75) is 0 Å². The smallest absolute Gasteiger partial charge is 0.322 e. The first-order valence-electron chi connectivity index (χ1n) is 5.11. The summed E-state index contributed by atoms with van der Waals surface area (Å²) >= 11 is 0. The van der Waals surface area contributed by atoms with Crippen molar-refractivity contribution in [3.05, 3.63) is 64.2 Å². The van der Waals surface area contributed by atoms with Crippen molar-refractivity contribution >= 4 is 12.0 Å². The molecule has 0 spiro atoms. The maximum atomic E-state index is 10.9. The van der Waals surface area contributed by atoms with Crippen LogP contribution < -0.4 is 4.74 Å². The van der Waals surface area contributed by atoms with E-state index in [9.17, 15) is 14.9 Å². The monoisotopic (exact) mass is 242 g/mol. The molecular formula is C13H8NO4. The van der Waals surface area contributed by atoms with Gasteiger partial charge in [0.25, 0.3) is 0 Å². The highest BCUT2D eigenvalue weighted by atomic mass is 16.6. The van der Waals surface area contributed by atoms with Crippen molar-refractivity contribution in [3.63, 3.8) is 0 Å². The minimum absolute atomic E-state index is 0.0204. The van der Waals surface area contributed by atoms with Gasteiger partial charge in [-0.1, -0.05) is 24.3 Å². The normalized spacial score (nSPS) is 9.78. The third-order valence-corrected chi connectivity index (χ3v) is 2.26. The van der Waals surface area contributed by atoms with Crippen LogP contribution in [0.2, 0.25) is 0 Å². The SMILES string of the molecule is O=[C]c1cccc(Oc2ccccc2)c1[N+](=O)[O-]. The van der Waals surface area contributed by atoms with Crippen molar-refractivity contribution in [3.8, 4) is 11.5 Å². The number of para-hydroxylation sites is 2. The average molecular weight is 242 g/mol. The first kappa shape index (κ1) is 11.8. The second kappa shape index (κ2) is 5.09. The van der Waals surface area contributed by atoms with Crippen molar-refractivity contribution in [1.82, 2.24) is 0 Å². The van der Waals surface area contributed by atoms with Crippen LogP contribution in [-0.2, 0) is 4.79 Å². The van der Waals surface area contributed by atoms with Gasteiger partial charge in [-0.2, -0.15) is 0 Å². The lowest BCUT2D eigenvalue weighted by atomic mass is 10.2. The van der Waals surface area contributed by atoms with Crippen molar-refractivity contribution in [2.75, 3.05) is 0 Å². The Kier molecular flexibility index (Phi) is 3.33. The van der Waals surface area contributed by atoms with Crippen molar-refractivity contribution in [1.29, 1.82) is 0 Å². The fourth-order valence-electron chi connectivity index (χ4n) is 1.49. The lowest BCUT2D eigenvalue weighted by Crippen LogP contribution is -1.98. The van der Waals surface area contributed by atoms with Gasteiger partial charge in [0.1, 0.15) is 11.3 Å². The first-order valence-corrected chi connectivity index (χ1v) is 5.11. The summed E-state index contributed by atoms with van der Waals surface area (Å²) in [5, 5.41) is 10.9. The van der Waals surface area contributed by atoms with Crippen LogP contribution in [0, 0.1) is 10.1 Å². The summed E-state index contributed by atoms with van der Waals surface area (Å²) in [5.41, 5.74) is -0.509. The van der Waals surface area contributed by atoms with Gasteiger partial charge >= 0.3 is 5.69 Å². The van der Waals surface area contributed by atoms with Crippen LogP contribution in [0.5, 0.6) is 11.5 Å². The van der Waals surface area contributed by atoms with Gasteiger partial charge in [-0.25, -0.2) is 0 Å². The van der Waals surface area contributed by atoms with Gasteiger partial charge < -0.3 is 4.74 Å². The first-order chi connectivity index (χ1) is 8.72. The minimum atomic E-state index is -0.654. The molecule has 0 amide bonds. The number of nitrogens with zero attached hydrogens (tertiary/aromatic N) is 1. The highest BCUT2D eigenvalue weighted by Crippen LogP contribution is 2.33. The Morgan fingerprint density at radius 2 is 1.78 bits per heavy atom. The molecule has 18 heavy (non-hydrogen) atoms. The van der Waals surface area contributed by atoms with E-state index in [1.807, 2.05) is 0 Å². The van der Waals surface area contributed by atoms with Crippen molar-refractivity contribution < 1.29 is 14.5 Å². The fourth-order valence-corrected chi connectivity index (χ4v) is 1.49. The Bertz CT molecular complexity index is 581. The summed E-state index contributed by atoms with van der Waals surface area (Å²) in [4.78, 5) is 20.9. The zero-order valence-electron chi connectivity index (χ0n) is 9.20. The van der Waals surface area contributed by atoms with Crippen LogP contribution in [0.3, 0.4) is 0 Å². The number of ether oxygens (including phenoxy) is 1. The minimum Gasteiger partial charge on any atom is -0.450 e. The topological polar surface area (TPSA) is 69.4 Å². The Balaban J connectivity index is 2.45. The molecule has 1 radical (unpaired) electrons. The number of nitro benzene ring substituents is 1. The van der Waals surface area contributed by atoms with Crippen LogP contribution >= 0.6 is 0 Å². The van der Waals surface area contributed by atoms with Gasteiger partial charge in [-0.15, -0.1) is 0 Å². The molecule has 0 atom stereocenters. The second-order valence-electron chi connectivity index (χ2n) is 3.43. The maximum absolute atomic E-state index is 10.9. The molecule has 0 aliphatic rings. The van der Waals surface area contributed by atoms with E-state index in [1.54, 1.807) is 30.3 Å². The predicted octanol–water partition coefficient (Wildman–Crippen LogP) is 2.84. The zero-order valence-corrected chi connectivity index (χ0v) is 9.20. The zero-order chi connectivity index (χ0) is 13.0. The number of benzene rings is 2. The Hall–Kier alpha value is -2.69. The Morgan fingerprint density at radius 3 is 2.39 bits per heavy atom. The van der Waals surface area contributed by atoms with E-state index in [0.717, 1.165) is 0 Å². The second-order valence-corrected chi connectivity index (χ2v) is 3.43. The molecule has 0 saturated carbocycles. The van der Waals surface area contributed by atoms with Crippen LogP contribution in [0.1, 0.15) is 5.56 Å². The highest BCUT2D eigenvalue weighted by molar-refractivity contribution is 5.84. The number of hydrogen-bond donors (Lipinski definition) is 0. The van der Waals surface area contributed by atoms with Gasteiger partial charge in [-0.3, -0.25) is 14.9 Å². The summed E-state index contributed by atoms with van der Waals surface area (Å²) in [5.74, 6) is 0.482. The predicted molar refractivity (Wildman–Crippen MR) is 64.4 cm³/mol. The molecule has 89 valence electrons. The quantitative estimate of drug-likeness (QED) is 0.610. The number of rotatable bonds is 4. The van der Waals surface area contributed by atoms with Crippen LogP contribution in [0.4, 0.5) is 5.69 Å². The fraction of sp³-hybridized carbons (Fsp3) is 0. The third-order valence-electron chi connectivity index (χ3n) is 2.26. The van der Waals surface area contributed by atoms with Gasteiger partial charge in [0, 0.05) is 0 Å². The average Bonchev–Trinajstić information content (AvgIpc) is 2.39. The number of carbonyl (C=O) groups excluding carboxylic acids is 1. The van der Waals surface area contributed by atoms with Crippen LogP contribution in [-0.4, -0.2) is 11.2 Å². The summed E-state index contributed by atoms with van der Waals surface area (Å²) in [6.07, 6.45) is 1.53. The largest absolute Gasteiger partial charge is 0.450 e. The van der Waals surface area contributed by atoms with E-state index in [1.165, 1.54) is 24.5 Å². The van der Waals surface area contributed by atoms with E-state index < -0.39 is 4.92 Å². The molecule has 0 unspecified atom stereocenters. The van der Waals surface area contributed by atoms with Gasteiger partial charge in [-0.05, 0) is 24.3 Å². The molecule has 0 aliphatic carbocycles. The molecule has 5 nitrogen and oxygen atoms in total. The van der Waals surface area contributed by atoms with Crippen LogP contribution in [0.15, 0.2) is 48.5 Å². The van der Waals surface area contributed by atoms with Gasteiger partial charge in [0.05, 0.1) is 4.92 Å². The number of hydrogen-bond acceptors (Lipinski definition) is 4. The maximum Gasteiger partial charge on any atom is 0.322 e. The molecule has 5 heteroatoms. The van der Waals surface area contributed by atoms with E-state index in [2.05, 4.69) is 0 Å². The lowest BCUT2D eigenvalue weighted by Gasteiger charge is -2.06. The molecule has 0 N–H and O–H groups in total. The molecule has 0 saturated heterocycles. The number of nitro groups is 1. The summed E-state index contributed by atoms with van der Waals surface area (Å²) in [7, 11) is 0. The molecule has 0 bridgehead atoms. The summed E-state index contributed by atoms with van der Waals surface area (Å²) in [6, 6.07) is 12.9. The molecule has 2 aromatic carbocycles. The third kappa shape index (κ3) is 2.35. The molecule has 2 aromatic rings. The molecule has 0 aliphatic heterocycles. The van der Waals surface area contributed by atoms with E-state index >= 15 is 0 Å². The standard InChI is InChI=1S/C13H8NO4/c15-9-10-5-4-8-12(13(10)14(16)17)18-11-6-2-1-3-7-11/h1-8H. The lowest BCUT2D eigenvalue weighted by molar-refractivity contribution is -0.385. The molecule has 0 fully saturated rings. The van der Waals surface area contributed by atoms with Crippen LogP contribution in [0.25, 0.3) is 0 Å². The molecule has 2 rings (SSSR count). The van der Waals surface area contributed by atoms with Crippen molar-refractivity contribution in [2.24, 2.45) is 0 Å². The van der Waals surface area contributed by atoms with Gasteiger partial charge in [0.2, 0.25) is 12.0 Å². The van der Waals surface area contributed by atoms with E-state index in [4.69, 9.17) is 4.74 Å². The Labute approximate surface area is 103 Å². The Morgan fingerprint density at radius 1 is 1.06 bits per heavy atom.